The van der Waals surface area contributed by atoms with Gasteiger partial charge in [-0.2, -0.15) is 5.26 Å². The second-order valence-electron chi connectivity index (χ2n) is 3.39. The largest absolute Gasteiger partial charge is 0.389 e. The lowest BCUT2D eigenvalue weighted by molar-refractivity contribution is 1.05. The highest BCUT2D eigenvalue weighted by atomic mass is 15.4. The molecule has 78 valence electrons. The number of aryl methyl sites for hydroxylation is 2. The van der Waals surface area contributed by atoms with E-state index in [0.717, 1.165) is 11.3 Å². The van der Waals surface area contributed by atoms with Crippen LogP contribution in [0.25, 0.3) is 0 Å². The van der Waals surface area contributed by atoms with Gasteiger partial charge in [-0.15, -0.1) is 0 Å². The minimum atomic E-state index is 0.0810. The smallest absolute Gasteiger partial charge is 0.129 e. The van der Waals surface area contributed by atoms with Crippen LogP contribution in [0.2, 0.25) is 0 Å². The SMILES string of the molecule is Cc1ccc(N(N)/C=C(\N)C#N)c(C)c1. The van der Waals surface area contributed by atoms with Crippen molar-refractivity contribution in [2.45, 2.75) is 13.8 Å². The Hall–Kier alpha value is -1.99. The zero-order valence-corrected chi connectivity index (χ0v) is 8.86. The second-order valence-corrected chi connectivity index (χ2v) is 3.39. The fourth-order valence-electron chi connectivity index (χ4n) is 1.34. The van der Waals surface area contributed by atoms with Crippen molar-refractivity contribution in [2.24, 2.45) is 11.6 Å². The molecule has 1 rings (SSSR count). The van der Waals surface area contributed by atoms with E-state index in [0.29, 0.717) is 0 Å². The van der Waals surface area contributed by atoms with Crippen molar-refractivity contribution in [3.8, 4) is 6.07 Å². The van der Waals surface area contributed by atoms with E-state index in [4.69, 9.17) is 16.8 Å². The van der Waals surface area contributed by atoms with Crippen molar-refractivity contribution >= 4 is 5.69 Å². The molecule has 4 N–H and O–H groups in total. The molecule has 0 fully saturated rings. The van der Waals surface area contributed by atoms with Crippen molar-refractivity contribution in [3.05, 3.63) is 41.2 Å². The molecule has 0 heterocycles. The Balaban J connectivity index is 3.03. The van der Waals surface area contributed by atoms with Crippen LogP contribution in [-0.2, 0) is 0 Å². The first kappa shape index (κ1) is 11.1. The molecule has 0 saturated carbocycles. The fraction of sp³-hybridized carbons (Fsp3) is 0.182. The van der Waals surface area contributed by atoms with Crippen molar-refractivity contribution in [1.82, 2.24) is 0 Å². The monoisotopic (exact) mass is 202 g/mol. The Morgan fingerprint density at radius 2 is 2.13 bits per heavy atom. The molecular formula is C11H14N4. The molecule has 0 bridgehead atoms. The molecule has 4 nitrogen and oxygen atoms in total. The number of hydrogen-bond donors (Lipinski definition) is 2. The molecule has 0 unspecified atom stereocenters. The highest BCUT2D eigenvalue weighted by Crippen LogP contribution is 2.19. The number of rotatable bonds is 2. The number of allylic oxidation sites excluding steroid dienone is 1. The molecule has 1 aromatic rings. The summed E-state index contributed by atoms with van der Waals surface area (Å²) in [5.41, 5.74) is 8.49. The van der Waals surface area contributed by atoms with Gasteiger partial charge < -0.3 is 5.73 Å². The Kier molecular flexibility index (Phi) is 3.32. The van der Waals surface area contributed by atoms with E-state index in [2.05, 4.69) is 0 Å². The van der Waals surface area contributed by atoms with Gasteiger partial charge in [-0.25, -0.2) is 5.84 Å². The molecule has 15 heavy (non-hydrogen) atoms. The van der Waals surface area contributed by atoms with E-state index in [-0.39, 0.29) is 5.70 Å². The van der Waals surface area contributed by atoms with E-state index in [1.54, 1.807) is 0 Å². The van der Waals surface area contributed by atoms with Gasteiger partial charge in [-0.05, 0) is 25.5 Å². The molecule has 0 aliphatic heterocycles. The van der Waals surface area contributed by atoms with Gasteiger partial charge in [0.25, 0.3) is 0 Å². The van der Waals surface area contributed by atoms with Gasteiger partial charge in [0, 0.05) is 0 Å². The third kappa shape index (κ3) is 2.73. The first-order valence-electron chi connectivity index (χ1n) is 4.53. The van der Waals surface area contributed by atoms with Crippen LogP contribution in [0.15, 0.2) is 30.1 Å². The minimum absolute atomic E-state index is 0.0810. The average Bonchev–Trinajstić information content (AvgIpc) is 2.17. The van der Waals surface area contributed by atoms with Crippen molar-refractivity contribution in [3.63, 3.8) is 0 Å². The molecule has 0 aliphatic carbocycles. The molecule has 0 saturated heterocycles. The summed E-state index contributed by atoms with van der Waals surface area (Å²) in [6.45, 7) is 3.97. The van der Waals surface area contributed by atoms with Crippen LogP contribution in [0.5, 0.6) is 0 Å². The number of nitriles is 1. The van der Waals surface area contributed by atoms with Gasteiger partial charge in [-0.3, -0.25) is 5.01 Å². The fourth-order valence-corrected chi connectivity index (χ4v) is 1.34. The third-order valence-corrected chi connectivity index (χ3v) is 2.04. The molecule has 4 heteroatoms. The Bertz CT molecular complexity index is 429. The summed E-state index contributed by atoms with van der Waals surface area (Å²) in [5, 5.41) is 9.87. The van der Waals surface area contributed by atoms with Crippen LogP contribution in [0, 0.1) is 25.2 Å². The molecule has 0 radical (unpaired) electrons. The van der Waals surface area contributed by atoms with Crippen molar-refractivity contribution in [1.29, 1.82) is 5.26 Å². The average molecular weight is 202 g/mol. The number of nitrogens with zero attached hydrogens (tertiary/aromatic N) is 2. The lowest BCUT2D eigenvalue weighted by Gasteiger charge is -2.16. The molecule has 0 amide bonds. The van der Waals surface area contributed by atoms with E-state index >= 15 is 0 Å². The zero-order chi connectivity index (χ0) is 11.4. The molecule has 1 aromatic carbocycles. The number of hydrazine groups is 1. The normalized spacial score (nSPS) is 10.9. The quantitative estimate of drug-likeness (QED) is 0.430. The highest BCUT2D eigenvalue weighted by molar-refractivity contribution is 5.55. The summed E-state index contributed by atoms with van der Waals surface area (Å²) in [5.74, 6) is 5.75. The summed E-state index contributed by atoms with van der Waals surface area (Å²) < 4.78 is 0. The summed E-state index contributed by atoms with van der Waals surface area (Å²) in [6.07, 6.45) is 1.40. The minimum Gasteiger partial charge on any atom is -0.389 e. The standard InChI is InChI=1S/C11H14N4/c1-8-3-4-11(9(2)5-8)15(14)7-10(13)6-12/h3-5,7H,13-14H2,1-2H3/b10-7-. The van der Waals surface area contributed by atoms with Crippen LogP contribution in [0.1, 0.15) is 11.1 Å². The Morgan fingerprint density at radius 1 is 1.47 bits per heavy atom. The van der Waals surface area contributed by atoms with Gasteiger partial charge in [0.15, 0.2) is 0 Å². The van der Waals surface area contributed by atoms with E-state index < -0.39 is 0 Å². The molecule has 0 spiro atoms. The summed E-state index contributed by atoms with van der Waals surface area (Å²) >= 11 is 0. The van der Waals surface area contributed by atoms with Gasteiger partial charge in [-0.1, -0.05) is 17.7 Å². The lowest BCUT2D eigenvalue weighted by Crippen LogP contribution is -2.26. The van der Waals surface area contributed by atoms with Crippen LogP contribution in [0.3, 0.4) is 0 Å². The number of hydrogen-bond acceptors (Lipinski definition) is 4. The number of nitrogens with two attached hydrogens (primary N) is 2. The van der Waals surface area contributed by atoms with E-state index in [9.17, 15) is 0 Å². The molecular weight excluding hydrogens is 188 g/mol. The van der Waals surface area contributed by atoms with Gasteiger partial charge in [0.2, 0.25) is 0 Å². The van der Waals surface area contributed by atoms with Crippen LogP contribution >= 0.6 is 0 Å². The maximum Gasteiger partial charge on any atom is 0.129 e. The first-order valence-corrected chi connectivity index (χ1v) is 4.53. The second kappa shape index (κ2) is 4.49. The zero-order valence-electron chi connectivity index (χ0n) is 8.86. The molecule has 0 aliphatic rings. The summed E-state index contributed by atoms with van der Waals surface area (Å²) in [7, 11) is 0. The van der Waals surface area contributed by atoms with E-state index in [1.807, 2.05) is 38.1 Å². The Morgan fingerprint density at radius 3 is 2.67 bits per heavy atom. The van der Waals surface area contributed by atoms with Crippen molar-refractivity contribution < 1.29 is 0 Å². The topological polar surface area (TPSA) is 79.1 Å². The van der Waals surface area contributed by atoms with Crippen LogP contribution in [0.4, 0.5) is 5.69 Å². The molecule has 0 aromatic heterocycles. The van der Waals surface area contributed by atoms with Gasteiger partial charge in [0.1, 0.15) is 11.8 Å². The first-order chi connectivity index (χ1) is 7.04. The number of anilines is 1. The third-order valence-electron chi connectivity index (χ3n) is 2.04. The highest BCUT2D eigenvalue weighted by Gasteiger charge is 2.03. The molecule has 0 atom stereocenters. The Labute approximate surface area is 89.4 Å². The summed E-state index contributed by atoms with van der Waals surface area (Å²) in [4.78, 5) is 0. The van der Waals surface area contributed by atoms with Crippen LogP contribution < -0.4 is 16.6 Å². The van der Waals surface area contributed by atoms with E-state index in [1.165, 1.54) is 16.8 Å². The lowest BCUT2D eigenvalue weighted by atomic mass is 10.1. The maximum atomic E-state index is 8.52. The van der Waals surface area contributed by atoms with Gasteiger partial charge in [0.05, 0.1) is 11.9 Å². The van der Waals surface area contributed by atoms with Gasteiger partial charge >= 0.3 is 0 Å². The number of benzene rings is 1. The van der Waals surface area contributed by atoms with Crippen LogP contribution in [-0.4, -0.2) is 0 Å². The van der Waals surface area contributed by atoms with Crippen molar-refractivity contribution in [2.75, 3.05) is 5.01 Å². The predicted molar refractivity (Wildman–Crippen MR) is 60.5 cm³/mol. The predicted octanol–water partition coefficient (Wildman–Crippen LogP) is 1.31. The summed E-state index contributed by atoms with van der Waals surface area (Å²) in [6, 6.07) is 7.68. The maximum absolute atomic E-state index is 8.52.